The maximum absolute atomic E-state index is 14.3. The van der Waals surface area contributed by atoms with Crippen molar-refractivity contribution in [2.45, 2.75) is 25.8 Å². The molecule has 0 spiro atoms. The van der Waals surface area contributed by atoms with Crippen molar-refractivity contribution in [3.8, 4) is 5.75 Å². The molecule has 0 saturated heterocycles. The summed E-state index contributed by atoms with van der Waals surface area (Å²) in [6.07, 6.45) is 3.32. The average Bonchev–Trinajstić information content (AvgIpc) is 3.57. The summed E-state index contributed by atoms with van der Waals surface area (Å²) in [4.78, 5) is 18.0. The summed E-state index contributed by atoms with van der Waals surface area (Å²) in [5.41, 5.74) is 3.04. The number of benzene rings is 3. The van der Waals surface area contributed by atoms with Gasteiger partial charge in [0, 0.05) is 13.1 Å². The number of hydrogen-bond acceptors (Lipinski definition) is 5. The number of aromatic carboxylic acids is 1. The highest BCUT2D eigenvalue weighted by Gasteiger charge is 2.22. The number of halogens is 1. The first-order valence-corrected chi connectivity index (χ1v) is 12.2. The third kappa shape index (κ3) is 5.37. The fourth-order valence-corrected chi connectivity index (χ4v) is 4.76. The van der Waals surface area contributed by atoms with Gasteiger partial charge in [0.05, 0.1) is 22.4 Å². The number of aromatic nitrogens is 1. The Morgan fingerprint density at radius 3 is 2.47 bits per heavy atom. The van der Waals surface area contributed by atoms with Gasteiger partial charge in [-0.1, -0.05) is 41.7 Å². The first-order valence-electron chi connectivity index (χ1n) is 11.4. The van der Waals surface area contributed by atoms with Gasteiger partial charge in [0.15, 0.2) is 5.13 Å². The molecule has 1 fully saturated rings. The molecule has 0 aliphatic heterocycles. The Kier molecular flexibility index (Phi) is 6.45. The Hall–Kier alpha value is -3.45. The van der Waals surface area contributed by atoms with Crippen LogP contribution in [0.2, 0.25) is 0 Å². The molecule has 4 aromatic rings. The van der Waals surface area contributed by atoms with E-state index in [4.69, 9.17) is 4.74 Å². The van der Waals surface area contributed by atoms with Crippen LogP contribution in [0.4, 0.5) is 9.52 Å². The Labute approximate surface area is 201 Å². The third-order valence-corrected chi connectivity index (χ3v) is 7.12. The van der Waals surface area contributed by atoms with Gasteiger partial charge in [-0.15, -0.1) is 0 Å². The normalized spacial score (nSPS) is 13.2. The minimum absolute atomic E-state index is 0.251. The van der Waals surface area contributed by atoms with Gasteiger partial charge in [-0.3, -0.25) is 0 Å². The Morgan fingerprint density at radius 2 is 1.79 bits per heavy atom. The molecular formula is C27H25FN2O3S. The van der Waals surface area contributed by atoms with Crippen LogP contribution in [-0.4, -0.2) is 29.2 Å². The number of carboxylic acids is 1. The highest BCUT2D eigenvalue weighted by atomic mass is 32.1. The van der Waals surface area contributed by atoms with Crippen LogP contribution in [0.1, 0.15) is 34.3 Å². The molecule has 0 radical (unpaired) electrons. The van der Waals surface area contributed by atoms with Crippen molar-refractivity contribution < 1.29 is 19.0 Å². The van der Waals surface area contributed by atoms with E-state index in [2.05, 4.69) is 22.0 Å². The molecule has 0 amide bonds. The second-order valence-electron chi connectivity index (χ2n) is 8.66. The van der Waals surface area contributed by atoms with Crippen LogP contribution in [0.25, 0.3) is 10.2 Å². The van der Waals surface area contributed by atoms with Crippen molar-refractivity contribution in [3.05, 3.63) is 89.2 Å². The number of thiazole rings is 1. The lowest BCUT2D eigenvalue weighted by molar-refractivity contribution is 0.0697. The van der Waals surface area contributed by atoms with Crippen molar-refractivity contribution in [2.24, 2.45) is 5.92 Å². The van der Waals surface area contributed by atoms with Crippen LogP contribution in [-0.2, 0) is 13.0 Å². The minimum Gasteiger partial charge on any atom is -0.493 e. The lowest BCUT2D eigenvalue weighted by atomic mass is 10.1. The van der Waals surface area contributed by atoms with Gasteiger partial charge >= 0.3 is 5.97 Å². The van der Waals surface area contributed by atoms with Crippen LogP contribution in [0.15, 0.2) is 66.7 Å². The lowest BCUT2D eigenvalue weighted by Crippen LogP contribution is -2.25. The molecule has 0 bridgehead atoms. The lowest BCUT2D eigenvalue weighted by Gasteiger charge is -2.22. The second kappa shape index (κ2) is 9.81. The Morgan fingerprint density at radius 1 is 1.06 bits per heavy atom. The van der Waals surface area contributed by atoms with Crippen LogP contribution in [0.5, 0.6) is 5.75 Å². The van der Waals surface area contributed by atoms with E-state index >= 15 is 0 Å². The zero-order valence-corrected chi connectivity index (χ0v) is 19.4. The van der Waals surface area contributed by atoms with Crippen LogP contribution in [0, 0.1) is 11.7 Å². The van der Waals surface area contributed by atoms with E-state index in [-0.39, 0.29) is 11.4 Å². The summed E-state index contributed by atoms with van der Waals surface area (Å²) in [6, 6.07) is 20.0. The first kappa shape index (κ1) is 22.3. The molecule has 1 aliphatic carbocycles. The first-order chi connectivity index (χ1) is 16.5. The number of anilines is 1. The molecule has 1 N–H and O–H groups in total. The fraction of sp³-hybridized carbons (Fsp3) is 0.259. The van der Waals surface area contributed by atoms with Crippen LogP contribution < -0.4 is 9.64 Å². The maximum Gasteiger partial charge on any atom is 0.335 e. The minimum atomic E-state index is -0.949. The largest absolute Gasteiger partial charge is 0.493 e. The monoisotopic (exact) mass is 476 g/mol. The summed E-state index contributed by atoms with van der Waals surface area (Å²) in [6.45, 7) is 2.02. The molecule has 3 aromatic carbocycles. The molecule has 34 heavy (non-hydrogen) atoms. The van der Waals surface area contributed by atoms with Gasteiger partial charge in [0.1, 0.15) is 11.6 Å². The standard InChI is InChI=1S/C27H25FN2O3S/c28-23-2-1-3-24-25(23)34-27(29-24)30(16-19-6-10-21(11-7-19)26(31)32)15-14-18-8-12-22(13-9-18)33-17-20-4-5-20/h1-3,6-13,20H,4-5,14-17H2,(H,31,32). The molecule has 1 heterocycles. The van der Waals surface area contributed by atoms with E-state index in [1.54, 1.807) is 18.2 Å². The topological polar surface area (TPSA) is 62.7 Å². The van der Waals surface area contributed by atoms with Crippen LogP contribution >= 0.6 is 11.3 Å². The van der Waals surface area contributed by atoms with E-state index in [9.17, 15) is 14.3 Å². The molecule has 7 heteroatoms. The number of carbonyl (C=O) groups is 1. The van der Waals surface area contributed by atoms with Gasteiger partial charge in [-0.25, -0.2) is 14.2 Å². The average molecular weight is 477 g/mol. The van der Waals surface area contributed by atoms with Crippen molar-refractivity contribution in [1.82, 2.24) is 4.98 Å². The molecule has 1 saturated carbocycles. The van der Waals surface area contributed by atoms with E-state index in [0.717, 1.165) is 35.4 Å². The molecule has 174 valence electrons. The maximum atomic E-state index is 14.3. The second-order valence-corrected chi connectivity index (χ2v) is 9.63. The van der Waals surface area contributed by atoms with Crippen LogP contribution in [0.3, 0.4) is 0 Å². The van der Waals surface area contributed by atoms with Gasteiger partial charge in [-0.2, -0.15) is 0 Å². The predicted molar refractivity (Wildman–Crippen MR) is 132 cm³/mol. The van der Waals surface area contributed by atoms with Gasteiger partial charge in [0.25, 0.3) is 0 Å². The molecule has 5 rings (SSSR count). The summed E-state index contributed by atoms with van der Waals surface area (Å²) in [7, 11) is 0. The Balaban J connectivity index is 1.33. The predicted octanol–water partition coefficient (Wildman–Crippen LogP) is 6.17. The number of ether oxygens (including phenoxy) is 1. The zero-order chi connectivity index (χ0) is 23.5. The highest BCUT2D eigenvalue weighted by Crippen LogP contribution is 2.32. The number of rotatable bonds is 10. The number of hydrogen-bond donors (Lipinski definition) is 1. The van der Waals surface area contributed by atoms with E-state index in [0.29, 0.717) is 23.3 Å². The van der Waals surface area contributed by atoms with E-state index in [1.165, 1.54) is 35.8 Å². The van der Waals surface area contributed by atoms with Crippen molar-refractivity contribution >= 4 is 32.7 Å². The summed E-state index contributed by atoms with van der Waals surface area (Å²) in [5.74, 6) is 0.396. The smallest absolute Gasteiger partial charge is 0.335 e. The number of fused-ring (bicyclic) bond motifs is 1. The molecular weight excluding hydrogens is 451 g/mol. The molecule has 1 aliphatic rings. The van der Waals surface area contributed by atoms with Gasteiger partial charge < -0.3 is 14.7 Å². The van der Waals surface area contributed by atoms with E-state index in [1.807, 2.05) is 30.3 Å². The number of nitrogens with zero attached hydrogens (tertiary/aromatic N) is 2. The summed E-state index contributed by atoms with van der Waals surface area (Å²) < 4.78 is 20.7. The highest BCUT2D eigenvalue weighted by molar-refractivity contribution is 7.22. The molecule has 0 atom stereocenters. The molecule has 0 unspecified atom stereocenters. The van der Waals surface area contributed by atoms with Gasteiger partial charge in [0.2, 0.25) is 0 Å². The summed E-state index contributed by atoms with van der Waals surface area (Å²) in [5, 5.41) is 9.91. The van der Waals surface area contributed by atoms with Crippen molar-refractivity contribution in [1.29, 1.82) is 0 Å². The quantitative estimate of drug-likeness (QED) is 0.296. The molecule has 1 aromatic heterocycles. The molecule has 5 nitrogen and oxygen atoms in total. The third-order valence-electron chi connectivity index (χ3n) is 5.98. The van der Waals surface area contributed by atoms with E-state index < -0.39 is 5.97 Å². The fourth-order valence-electron chi connectivity index (χ4n) is 3.77. The SMILES string of the molecule is O=C(O)c1ccc(CN(CCc2ccc(OCC3CC3)cc2)c2nc3cccc(F)c3s2)cc1. The summed E-state index contributed by atoms with van der Waals surface area (Å²) >= 11 is 1.34. The van der Waals surface area contributed by atoms with Gasteiger partial charge in [-0.05, 0) is 72.7 Å². The number of carboxylic acid groups (broad SMARTS) is 1. The zero-order valence-electron chi connectivity index (χ0n) is 18.6. The Bertz CT molecular complexity index is 1280. The van der Waals surface area contributed by atoms with Crippen molar-refractivity contribution in [3.63, 3.8) is 0 Å². The van der Waals surface area contributed by atoms with Crippen molar-refractivity contribution in [2.75, 3.05) is 18.1 Å².